The molecule has 0 radical (unpaired) electrons. The smallest absolute Gasteiger partial charge is 0.184 e. The van der Waals surface area contributed by atoms with Gasteiger partial charge < -0.3 is 4.89 Å². The Balaban J connectivity index is 0. The lowest BCUT2D eigenvalue weighted by atomic mass is 11.3. The van der Waals surface area contributed by atoms with Gasteiger partial charge in [0, 0.05) is 0 Å². The van der Waals surface area contributed by atoms with Crippen molar-refractivity contribution in [3.63, 3.8) is 0 Å². The lowest BCUT2D eigenvalue weighted by molar-refractivity contribution is 0.448. The van der Waals surface area contributed by atoms with Gasteiger partial charge in [-0.3, -0.25) is 9.34 Å². The molecule has 0 atom stereocenters. The quantitative estimate of drug-likeness (QED) is 0.623. The Morgan fingerprint density at radius 2 is 1.22 bits per heavy atom. The van der Waals surface area contributed by atoms with Crippen molar-refractivity contribution in [3.05, 3.63) is 0 Å². The lowest BCUT2D eigenvalue weighted by Gasteiger charge is -2.22. The number of halogens is 1. The van der Waals surface area contributed by atoms with Crippen molar-refractivity contribution in [2.75, 3.05) is 28.2 Å². The first-order chi connectivity index (χ1) is 3.55. The van der Waals surface area contributed by atoms with Crippen molar-refractivity contribution in [2.45, 2.75) is 0 Å². The maximum Gasteiger partial charge on any atom is 0.184 e. The van der Waals surface area contributed by atoms with Crippen LogP contribution in [0.2, 0.25) is 0 Å². The van der Waals surface area contributed by atoms with E-state index in [4.69, 9.17) is 4.89 Å². The van der Waals surface area contributed by atoms with Crippen molar-refractivity contribution in [3.8, 4) is 0 Å². The molecule has 0 aromatic heterocycles. The molecular formula is C4H14ClN2OP. The molecule has 0 unspecified atom stereocenters. The Morgan fingerprint density at radius 1 is 1.00 bits per heavy atom. The lowest BCUT2D eigenvalue weighted by Crippen LogP contribution is -2.15. The molecule has 5 heteroatoms. The Morgan fingerprint density at radius 3 is 1.22 bits per heavy atom. The van der Waals surface area contributed by atoms with Crippen molar-refractivity contribution >= 4 is 20.9 Å². The average Bonchev–Trinajstić information content (AvgIpc) is 1.64. The fraction of sp³-hybridized carbons (Fsp3) is 1.00. The van der Waals surface area contributed by atoms with E-state index in [2.05, 4.69) is 0 Å². The molecular weight excluding hydrogens is 158 g/mol. The topological polar surface area (TPSA) is 26.7 Å². The van der Waals surface area contributed by atoms with Gasteiger partial charge in [0.15, 0.2) is 8.45 Å². The van der Waals surface area contributed by atoms with Crippen molar-refractivity contribution in [2.24, 2.45) is 0 Å². The summed E-state index contributed by atoms with van der Waals surface area (Å²) in [5, 5.41) is 0. The monoisotopic (exact) mass is 172 g/mol. The summed E-state index contributed by atoms with van der Waals surface area (Å²) in [5.74, 6) is 0. The second kappa shape index (κ2) is 5.39. The van der Waals surface area contributed by atoms with Crippen LogP contribution in [-0.2, 0) is 0 Å². The van der Waals surface area contributed by atoms with Crippen molar-refractivity contribution in [1.82, 2.24) is 9.34 Å². The molecule has 3 nitrogen and oxygen atoms in total. The van der Waals surface area contributed by atoms with Gasteiger partial charge in [0.05, 0.1) is 0 Å². The van der Waals surface area contributed by atoms with E-state index >= 15 is 0 Å². The van der Waals surface area contributed by atoms with Crippen LogP contribution in [0.25, 0.3) is 0 Å². The third-order valence-corrected chi connectivity index (χ3v) is 2.15. The minimum atomic E-state index is -1.03. The molecule has 0 fully saturated rings. The molecule has 0 aliphatic heterocycles. The molecule has 0 rings (SSSR count). The van der Waals surface area contributed by atoms with Crippen LogP contribution in [0.1, 0.15) is 0 Å². The Bertz CT molecular complexity index is 63.6. The summed E-state index contributed by atoms with van der Waals surface area (Å²) in [5.41, 5.74) is 0. The average molecular weight is 173 g/mol. The molecule has 0 amide bonds. The second-order valence-electron chi connectivity index (χ2n) is 1.96. The molecule has 0 bridgehead atoms. The van der Waals surface area contributed by atoms with Gasteiger partial charge in [0.1, 0.15) is 0 Å². The van der Waals surface area contributed by atoms with Crippen LogP contribution in [0.5, 0.6) is 0 Å². The Kier molecular flexibility index (Phi) is 7.36. The SMILES string of the molecule is CN(C)P(O)N(C)C.Cl. The van der Waals surface area contributed by atoms with Gasteiger partial charge in [0.2, 0.25) is 0 Å². The second-order valence-corrected chi connectivity index (χ2v) is 4.10. The van der Waals surface area contributed by atoms with Gasteiger partial charge in [-0.1, -0.05) is 0 Å². The molecule has 58 valence electrons. The predicted octanol–water partition coefficient (Wildman–Crippen LogP) is 0.751. The van der Waals surface area contributed by atoms with Gasteiger partial charge >= 0.3 is 0 Å². The normalized spacial score (nSPS) is 10.7. The highest BCUT2D eigenvalue weighted by molar-refractivity contribution is 7.46. The number of nitrogens with zero attached hydrogens (tertiary/aromatic N) is 2. The highest BCUT2D eigenvalue weighted by Crippen LogP contribution is 2.33. The molecule has 0 aliphatic rings. The molecule has 0 saturated heterocycles. The van der Waals surface area contributed by atoms with Crippen LogP contribution in [-0.4, -0.2) is 42.4 Å². The van der Waals surface area contributed by atoms with E-state index in [1.165, 1.54) is 0 Å². The molecule has 0 aromatic rings. The van der Waals surface area contributed by atoms with Crippen molar-refractivity contribution in [1.29, 1.82) is 0 Å². The summed E-state index contributed by atoms with van der Waals surface area (Å²) >= 11 is 0. The van der Waals surface area contributed by atoms with Crippen molar-refractivity contribution < 1.29 is 4.89 Å². The Hall–Kier alpha value is 0.600. The first kappa shape index (κ1) is 12.3. The zero-order chi connectivity index (χ0) is 6.73. The summed E-state index contributed by atoms with van der Waals surface area (Å²) in [4.78, 5) is 9.12. The Labute approximate surface area is 64.0 Å². The van der Waals surface area contributed by atoms with E-state index in [0.717, 1.165) is 0 Å². The van der Waals surface area contributed by atoms with Crippen LogP contribution in [0.3, 0.4) is 0 Å². The van der Waals surface area contributed by atoms with Crippen LogP contribution >= 0.6 is 20.9 Å². The van der Waals surface area contributed by atoms with Crippen LogP contribution < -0.4 is 0 Å². The summed E-state index contributed by atoms with van der Waals surface area (Å²) in [6.45, 7) is 0. The largest absolute Gasteiger partial charge is 0.347 e. The first-order valence-corrected chi connectivity index (χ1v) is 3.59. The predicted molar refractivity (Wildman–Crippen MR) is 43.8 cm³/mol. The minimum absolute atomic E-state index is 0. The maximum absolute atomic E-state index is 9.12. The molecule has 0 aliphatic carbocycles. The minimum Gasteiger partial charge on any atom is -0.347 e. The van der Waals surface area contributed by atoms with Gasteiger partial charge in [-0.05, 0) is 28.2 Å². The highest BCUT2D eigenvalue weighted by atomic mass is 35.5. The maximum atomic E-state index is 9.12. The van der Waals surface area contributed by atoms with Gasteiger partial charge in [0.25, 0.3) is 0 Å². The van der Waals surface area contributed by atoms with Crippen LogP contribution in [0.4, 0.5) is 0 Å². The summed E-state index contributed by atoms with van der Waals surface area (Å²) in [7, 11) is 6.38. The van der Waals surface area contributed by atoms with Gasteiger partial charge in [-0.25, -0.2) is 0 Å². The molecule has 0 saturated carbocycles. The van der Waals surface area contributed by atoms with Crippen LogP contribution in [0, 0.1) is 0 Å². The summed E-state index contributed by atoms with van der Waals surface area (Å²) < 4.78 is 3.57. The van der Waals surface area contributed by atoms with Gasteiger partial charge in [-0.2, -0.15) is 0 Å². The van der Waals surface area contributed by atoms with Crippen LogP contribution in [0.15, 0.2) is 0 Å². The number of hydrogen-bond acceptors (Lipinski definition) is 3. The summed E-state index contributed by atoms with van der Waals surface area (Å²) in [6.07, 6.45) is 0. The molecule has 1 N–H and O–H groups in total. The molecule has 0 heterocycles. The van der Waals surface area contributed by atoms with Gasteiger partial charge in [-0.15, -0.1) is 12.4 Å². The fourth-order valence-corrected chi connectivity index (χ4v) is 1.07. The number of hydrogen-bond donors (Lipinski definition) is 1. The van der Waals surface area contributed by atoms with E-state index in [1.807, 2.05) is 28.2 Å². The van der Waals surface area contributed by atoms with E-state index in [9.17, 15) is 0 Å². The van der Waals surface area contributed by atoms with E-state index in [1.54, 1.807) is 9.34 Å². The summed E-state index contributed by atoms with van der Waals surface area (Å²) in [6, 6.07) is 0. The zero-order valence-corrected chi connectivity index (χ0v) is 7.91. The van der Waals surface area contributed by atoms with E-state index in [-0.39, 0.29) is 12.4 Å². The molecule has 0 aromatic carbocycles. The zero-order valence-electron chi connectivity index (χ0n) is 6.20. The third kappa shape index (κ3) is 5.07. The standard InChI is InChI=1S/C4H13N2OP.ClH/c1-5(2)8(7)6(3)4;/h7H,1-4H3;1H. The van der Waals surface area contributed by atoms with E-state index < -0.39 is 8.45 Å². The molecule has 0 spiro atoms. The fourth-order valence-electron chi connectivity index (χ4n) is 0.358. The first-order valence-electron chi connectivity index (χ1n) is 2.39. The molecule has 9 heavy (non-hydrogen) atoms. The highest BCUT2D eigenvalue weighted by Gasteiger charge is 2.07. The van der Waals surface area contributed by atoms with E-state index in [0.29, 0.717) is 0 Å². The number of rotatable bonds is 2. The third-order valence-electron chi connectivity index (χ3n) is 0.716.